The Morgan fingerprint density at radius 3 is 2.79 bits per heavy atom. The van der Waals surface area contributed by atoms with E-state index in [4.69, 9.17) is 11.6 Å². The lowest BCUT2D eigenvalue weighted by Crippen LogP contribution is -2.34. The highest BCUT2D eigenvalue weighted by atomic mass is 35.5. The number of hydrogen-bond acceptors (Lipinski definition) is 4. The van der Waals surface area contributed by atoms with Gasteiger partial charge in [0.25, 0.3) is 5.91 Å². The summed E-state index contributed by atoms with van der Waals surface area (Å²) >= 11 is 5.67. The van der Waals surface area contributed by atoms with Gasteiger partial charge in [-0.25, -0.2) is 4.98 Å². The zero-order chi connectivity index (χ0) is 14.4. The van der Waals surface area contributed by atoms with E-state index in [1.165, 1.54) is 12.3 Å². The Balaban J connectivity index is 3.00. The molecule has 1 N–H and O–H groups in total. The molecule has 7 heteroatoms. The lowest BCUT2D eigenvalue weighted by atomic mass is 10.1. The molecule has 0 spiro atoms. The minimum atomic E-state index is -0.689. The predicted molar refractivity (Wildman–Crippen MR) is 72.4 cm³/mol. The van der Waals surface area contributed by atoms with Crippen LogP contribution in [-0.2, 0) is 0 Å². The average Bonchev–Trinajstić information content (AvgIpc) is 2.37. The van der Waals surface area contributed by atoms with Crippen LogP contribution >= 0.6 is 11.6 Å². The van der Waals surface area contributed by atoms with Crippen molar-refractivity contribution in [1.82, 2.24) is 10.3 Å². The molecule has 0 aliphatic heterocycles. The molecule has 6 nitrogen and oxygen atoms in total. The van der Waals surface area contributed by atoms with Crippen LogP contribution < -0.4 is 5.32 Å². The molecule has 1 atom stereocenters. The molecule has 0 radical (unpaired) electrons. The summed E-state index contributed by atoms with van der Waals surface area (Å²) in [5, 5.41) is 13.4. The van der Waals surface area contributed by atoms with Gasteiger partial charge < -0.3 is 5.32 Å². The second-order valence-corrected chi connectivity index (χ2v) is 4.48. The maximum atomic E-state index is 12.1. The summed E-state index contributed by atoms with van der Waals surface area (Å²) in [4.78, 5) is 25.9. The number of rotatable bonds is 6. The molecule has 1 aromatic rings. The summed E-state index contributed by atoms with van der Waals surface area (Å²) < 4.78 is 0. The quantitative estimate of drug-likeness (QED) is 0.495. The average molecular weight is 286 g/mol. The summed E-state index contributed by atoms with van der Waals surface area (Å²) in [6.07, 6.45) is 3.81. The molecule has 1 amide bonds. The van der Waals surface area contributed by atoms with Crippen molar-refractivity contribution in [1.29, 1.82) is 0 Å². The van der Waals surface area contributed by atoms with Crippen molar-refractivity contribution in [3.05, 3.63) is 33.1 Å². The molecule has 0 fully saturated rings. The maximum absolute atomic E-state index is 12.1. The second-order valence-electron chi connectivity index (χ2n) is 4.12. The third kappa shape index (κ3) is 3.89. The summed E-state index contributed by atoms with van der Waals surface area (Å²) in [7, 11) is 0. The first-order valence-corrected chi connectivity index (χ1v) is 6.48. The van der Waals surface area contributed by atoms with Crippen molar-refractivity contribution >= 4 is 23.2 Å². The third-order valence-corrected chi connectivity index (χ3v) is 3.05. The molecule has 1 unspecified atom stereocenters. The molecule has 0 saturated carbocycles. The van der Waals surface area contributed by atoms with Gasteiger partial charge in [0.1, 0.15) is 5.56 Å². The van der Waals surface area contributed by atoms with Crippen molar-refractivity contribution in [2.75, 3.05) is 0 Å². The smallest absolute Gasteiger partial charge is 0.319 e. The Morgan fingerprint density at radius 2 is 2.26 bits per heavy atom. The van der Waals surface area contributed by atoms with Crippen LogP contribution in [0.15, 0.2) is 12.3 Å². The van der Waals surface area contributed by atoms with E-state index < -0.39 is 16.5 Å². The van der Waals surface area contributed by atoms with Gasteiger partial charge >= 0.3 is 5.69 Å². The number of nitrogens with one attached hydrogen (secondary N) is 1. The Morgan fingerprint density at radius 1 is 1.58 bits per heavy atom. The van der Waals surface area contributed by atoms with Gasteiger partial charge in [0, 0.05) is 12.2 Å². The van der Waals surface area contributed by atoms with Crippen molar-refractivity contribution in [3.63, 3.8) is 0 Å². The summed E-state index contributed by atoms with van der Waals surface area (Å²) in [6.45, 7) is 3.97. The van der Waals surface area contributed by atoms with Crippen molar-refractivity contribution in [3.8, 4) is 0 Å². The predicted octanol–water partition coefficient (Wildman–Crippen LogP) is 2.95. The standard InChI is InChI=1S/C12H16ClN3O3/c1-3-5-8(4-2)15-12(17)9-6-7-14-11(13)10(9)16(18)19/h6-8H,3-5H2,1-2H3,(H,15,17). The molecule has 1 rings (SSSR count). The number of carbonyl (C=O) groups excluding carboxylic acids is 1. The van der Waals surface area contributed by atoms with Crippen molar-refractivity contribution in [2.24, 2.45) is 0 Å². The van der Waals surface area contributed by atoms with E-state index in [0.29, 0.717) is 0 Å². The molecule has 0 aliphatic carbocycles. The van der Waals surface area contributed by atoms with Gasteiger partial charge in [-0.2, -0.15) is 0 Å². The Kier molecular flexibility index (Phi) is 5.69. The van der Waals surface area contributed by atoms with Crippen LogP contribution in [0, 0.1) is 10.1 Å². The van der Waals surface area contributed by atoms with Gasteiger partial charge in [-0.3, -0.25) is 14.9 Å². The second kappa shape index (κ2) is 7.04. The lowest BCUT2D eigenvalue weighted by Gasteiger charge is -2.16. The molecule has 1 heterocycles. The van der Waals surface area contributed by atoms with E-state index in [0.717, 1.165) is 19.3 Å². The Labute approximate surface area is 116 Å². The van der Waals surface area contributed by atoms with E-state index >= 15 is 0 Å². The van der Waals surface area contributed by atoms with Gasteiger partial charge in [0.15, 0.2) is 0 Å². The molecule has 1 aromatic heterocycles. The monoisotopic (exact) mass is 285 g/mol. The molecular weight excluding hydrogens is 270 g/mol. The number of aromatic nitrogens is 1. The molecule has 104 valence electrons. The van der Waals surface area contributed by atoms with Crippen molar-refractivity contribution in [2.45, 2.75) is 39.2 Å². The number of carbonyl (C=O) groups is 1. The van der Waals surface area contributed by atoms with Gasteiger partial charge in [-0.1, -0.05) is 31.9 Å². The van der Waals surface area contributed by atoms with E-state index in [1.807, 2.05) is 13.8 Å². The fourth-order valence-electron chi connectivity index (χ4n) is 1.78. The maximum Gasteiger partial charge on any atom is 0.319 e. The Bertz CT molecular complexity index is 479. The van der Waals surface area contributed by atoms with E-state index in [2.05, 4.69) is 10.3 Å². The normalized spacial score (nSPS) is 11.9. The summed E-state index contributed by atoms with van der Waals surface area (Å²) in [6, 6.07) is 1.31. The van der Waals surface area contributed by atoms with E-state index in [1.54, 1.807) is 0 Å². The van der Waals surface area contributed by atoms with Gasteiger partial charge in [-0.05, 0) is 18.9 Å². The molecule has 0 saturated heterocycles. The zero-order valence-electron chi connectivity index (χ0n) is 10.9. The summed E-state index contributed by atoms with van der Waals surface area (Å²) in [5.41, 5.74) is -0.507. The lowest BCUT2D eigenvalue weighted by molar-refractivity contribution is -0.385. The number of halogens is 1. The number of nitrogens with zero attached hydrogens (tertiary/aromatic N) is 2. The minimum Gasteiger partial charge on any atom is -0.349 e. The first-order valence-electron chi connectivity index (χ1n) is 6.11. The highest BCUT2D eigenvalue weighted by Gasteiger charge is 2.25. The fourth-order valence-corrected chi connectivity index (χ4v) is 2.00. The van der Waals surface area contributed by atoms with Crippen LogP contribution in [0.5, 0.6) is 0 Å². The summed E-state index contributed by atoms with van der Waals surface area (Å²) in [5.74, 6) is -0.490. The SMILES string of the molecule is CCCC(CC)NC(=O)c1ccnc(Cl)c1[N+](=O)[O-]. The molecule has 0 aromatic carbocycles. The number of nitro groups is 1. The molecular formula is C12H16ClN3O3. The highest BCUT2D eigenvalue weighted by molar-refractivity contribution is 6.32. The van der Waals surface area contributed by atoms with Gasteiger partial charge in [0.05, 0.1) is 4.92 Å². The number of pyridine rings is 1. The Hall–Kier alpha value is -1.69. The van der Waals surface area contributed by atoms with Gasteiger partial charge in [-0.15, -0.1) is 0 Å². The zero-order valence-corrected chi connectivity index (χ0v) is 11.6. The van der Waals surface area contributed by atoms with Crippen LogP contribution in [0.25, 0.3) is 0 Å². The molecule has 0 aliphatic rings. The number of hydrogen-bond donors (Lipinski definition) is 1. The van der Waals surface area contributed by atoms with Crippen LogP contribution in [0.4, 0.5) is 5.69 Å². The third-order valence-electron chi connectivity index (χ3n) is 2.77. The largest absolute Gasteiger partial charge is 0.349 e. The first kappa shape index (κ1) is 15.4. The van der Waals surface area contributed by atoms with E-state index in [9.17, 15) is 14.9 Å². The van der Waals surface area contributed by atoms with Crippen LogP contribution in [-0.4, -0.2) is 21.9 Å². The van der Waals surface area contributed by atoms with E-state index in [-0.39, 0.29) is 16.8 Å². The van der Waals surface area contributed by atoms with Crippen LogP contribution in [0.2, 0.25) is 5.15 Å². The topological polar surface area (TPSA) is 85.1 Å². The minimum absolute atomic E-state index is 0.00375. The molecule has 0 bridgehead atoms. The van der Waals surface area contributed by atoms with Crippen LogP contribution in [0.1, 0.15) is 43.5 Å². The van der Waals surface area contributed by atoms with Gasteiger partial charge in [0.2, 0.25) is 5.15 Å². The molecule has 19 heavy (non-hydrogen) atoms. The number of amides is 1. The first-order chi connectivity index (χ1) is 9.01. The fraction of sp³-hybridized carbons (Fsp3) is 0.500. The van der Waals surface area contributed by atoms with Crippen molar-refractivity contribution < 1.29 is 9.72 Å². The van der Waals surface area contributed by atoms with Crippen LogP contribution in [0.3, 0.4) is 0 Å². The highest BCUT2D eigenvalue weighted by Crippen LogP contribution is 2.26.